The Hall–Kier alpha value is -1.40. The van der Waals surface area contributed by atoms with E-state index in [0.29, 0.717) is 12.5 Å². The zero-order valence-electron chi connectivity index (χ0n) is 12.4. The monoisotopic (exact) mass is 298 g/mol. The molecule has 0 aliphatic rings. The summed E-state index contributed by atoms with van der Waals surface area (Å²) in [5.74, 6) is 0.0321. The Bertz CT molecular complexity index is 596. The number of hydrogen-bond donors (Lipinski definition) is 1. The number of rotatable bonds is 5. The molecule has 1 aromatic carbocycles. The van der Waals surface area contributed by atoms with Crippen LogP contribution >= 0.6 is 0 Å². The summed E-state index contributed by atoms with van der Waals surface area (Å²) in [5.41, 5.74) is 0.955. The number of sulfonamides is 1. The van der Waals surface area contributed by atoms with E-state index in [1.54, 1.807) is 26.1 Å². The standard InChI is InChI=1S/C14H22N2O3S/c1-5-10(2)9-16(4)14(17)12-8-11(3)6-7-13(12)20(15,18)19/h6-8,10H,5,9H2,1-4H3,(H2,15,18,19). The quantitative estimate of drug-likeness (QED) is 0.899. The first-order chi connectivity index (χ1) is 9.16. The van der Waals surface area contributed by atoms with Crippen molar-refractivity contribution in [2.24, 2.45) is 11.1 Å². The number of nitrogens with two attached hydrogens (primary N) is 1. The summed E-state index contributed by atoms with van der Waals surface area (Å²) in [4.78, 5) is 13.8. The summed E-state index contributed by atoms with van der Waals surface area (Å²) in [6.45, 7) is 6.47. The third-order valence-electron chi connectivity index (χ3n) is 3.30. The molecule has 6 heteroatoms. The molecule has 1 aromatic rings. The van der Waals surface area contributed by atoms with Crippen molar-refractivity contribution in [1.29, 1.82) is 0 Å². The molecule has 0 aliphatic carbocycles. The maximum atomic E-state index is 12.4. The van der Waals surface area contributed by atoms with Crippen molar-refractivity contribution in [2.45, 2.75) is 32.1 Å². The number of nitrogens with zero attached hydrogens (tertiary/aromatic N) is 1. The lowest BCUT2D eigenvalue weighted by Gasteiger charge is -2.22. The van der Waals surface area contributed by atoms with E-state index >= 15 is 0 Å². The molecule has 0 saturated carbocycles. The van der Waals surface area contributed by atoms with Gasteiger partial charge >= 0.3 is 0 Å². The zero-order valence-corrected chi connectivity index (χ0v) is 13.2. The Labute approximate surface area is 120 Å². The van der Waals surface area contributed by atoms with Crippen molar-refractivity contribution in [3.63, 3.8) is 0 Å². The van der Waals surface area contributed by atoms with Crippen LogP contribution in [0.5, 0.6) is 0 Å². The number of carbonyl (C=O) groups excluding carboxylic acids is 1. The normalized spacial score (nSPS) is 13.1. The van der Waals surface area contributed by atoms with E-state index in [-0.39, 0.29) is 16.4 Å². The highest BCUT2D eigenvalue weighted by molar-refractivity contribution is 7.89. The first kappa shape index (κ1) is 16.7. The van der Waals surface area contributed by atoms with Gasteiger partial charge in [-0.1, -0.05) is 31.9 Å². The minimum atomic E-state index is -3.91. The SMILES string of the molecule is CCC(C)CN(C)C(=O)c1cc(C)ccc1S(N)(=O)=O. The number of amides is 1. The van der Waals surface area contributed by atoms with Crippen LogP contribution in [0.15, 0.2) is 23.1 Å². The van der Waals surface area contributed by atoms with Crippen LogP contribution < -0.4 is 5.14 Å². The summed E-state index contributed by atoms with van der Waals surface area (Å²) in [5, 5.41) is 5.17. The fraction of sp³-hybridized carbons (Fsp3) is 0.500. The van der Waals surface area contributed by atoms with Gasteiger partial charge in [0.05, 0.1) is 10.5 Å². The molecule has 0 heterocycles. The molecule has 2 N–H and O–H groups in total. The van der Waals surface area contributed by atoms with Crippen LogP contribution in [0.3, 0.4) is 0 Å². The third kappa shape index (κ3) is 4.05. The van der Waals surface area contributed by atoms with Gasteiger partial charge < -0.3 is 4.90 Å². The lowest BCUT2D eigenvalue weighted by atomic mass is 10.1. The predicted octanol–water partition coefficient (Wildman–Crippen LogP) is 1.76. The van der Waals surface area contributed by atoms with Crippen molar-refractivity contribution < 1.29 is 13.2 Å². The Morgan fingerprint density at radius 3 is 2.50 bits per heavy atom. The summed E-state index contributed by atoms with van der Waals surface area (Å²) in [7, 11) is -2.24. The van der Waals surface area contributed by atoms with Gasteiger partial charge in [-0.15, -0.1) is 0 Å². The van der Waals surface area contributed by atoms with Crippen LogP contribution in [-0.4, -0.2) is 32.8 Å². The molecule has 0 spiro atoms. The van der Waals surface area contributed by atoms with E-state index in [1.807, 2.05) is 13.8 Å². The first-order valence-corrected chi connectivity index (χ1v) is 8.10. The van der Waals surface area contributed by atoms with Crippen LogP contribution in [-0.2, 0) is 10.0 Å². The van der Waals surface area contributed by atoms with E-state index in [2.05, 4.69) is 0 Å². The number of benzene rings is 1. The topological polar surface area (TPSA) is 80.5 Å². The Kier molecular flexibility index (Phi) is 5.30. The van der Waals surface area contributed by atoms with Crippen LogP contribution in [0.1, 0.15) is 36.2 Å². The minimum Gasteiger partial charge on any atom is -0.341 e. The summed E-state index contributed by atoms with van der Waals surface area (Å²) < 4.78 is 23.2. The van der Waals surface area contributed by atoms with Crippen LogP contribution in [0, 0.1) is 12.8 Å². The van der Waals surface area contributed by atoms with Crippen LogP contribution in [0.4, 0.5) is 0 Å². The Balaban J connectivity index is 3.18. The fourth-order valence-electron chi connectivity index (χ4n) is 1.94. The van der Waals surface area contributed by atoms with Crippen molar-refractivity contribution in [3.05, 3.63) is 29.3 Å². The van der Waals surface area contributed by atoms with Gasteiger partial charge in [0.15, 0.2) is 0 Å². The van der Waals surface area contributed by atoms with Gasteiger partial charge in [0.2, 0.25) is 10.0 Å². The molecule has 5 nitrogen and oxygen atoms in total. The number of primary sulfonamides is 1. The Morgan fingerprint density at radius 2 is 2.00 bits per heavy atom. The number of aryl methyl sites for hydroxylation is 1. The molecule has 112 valence electrons. The molecule has 1 amide bonds. The molecule has 20 heavy (non-hydrogen) atoms. The van der Waals surface area contributed by atoms with Gasteiger partial charge in [0, 0.05) is 13.6 Å². The van der Waals surface area contributed by atoms with E-state index in [1.165, 1.54) is 11.0 Å². The highest BCUT2D eigenvalue weighted by Gasteiger charge is 2.22. The highest BCUT2D eigenvalue weighted by Crippen LogP contribution is 2.18. The molecule has 1 atom stereocenters. The summed E-state index contributed by atoms with van der Waals surface area (Å²) in [6, 6.07) is 4.58. The maximum absolute atomic E-state index is 12.4. The molecule has 0 radical (unpaired) electrons. The molecule has 1 rings (SSSR count). The lowest BCUT2D eigenvalue weighted by Crippen LogP contribution is -2.32. The predicted molar refractivity (Wildman–Crippen MR) is 79.0 cm³/mol. The minimum absolute atomic E-state index is 0.121. The molecule has 0 aliphatic heterocycles. The largest absolute Gasteiger partial charge is 0.341 e. The lowest BCUT2D eigenvalue weighted by molar-refractivity contribution is 0.0771. The molecule has 1 unspecified atom stereocenters. The van der Waals surface area contributed by atoms with Crippen molar-refractivity contribution in [1.82, 2.24) is 4.90 Å². The van der Waals surface area contributed by atoms with E-state index in [9.17, 15) is 13.2 Å². The molecule has 0 fully saturated rings. The van der Waals surface area contributed by atoms with Gasteiger partial charge in [-0.25, -0.2) is 13.6 Å². The van der Waals surface area contributed by atoms with Crippen LogP contribution in [0.25, 0.3) is 0 Å². The van der Waals surface area contributed by atoms with Gasteiger partial charge in [0.25, 0.3) is 5.91 Å². The first-order valence-electron chi connectivity index (χ1n) is 6.55. The zero-order chi connectivity index (χ0) is 15.5. The number of hydrogen-bond acceptors (Lipinski definition) is 3. The average molecular weight is 298 g/mol. The highest BCUT2D eigenvalue weighted by atomic mass is 32.2. The van der Waals surface area contributed by atoms with E-state index in [0.717, 1.165) is 12.0 Å². The molecule has 0 aromatic heterocycles. The Morgan fingerprint density at radius 1 is 1.40 bits per heavy atom. The van der Waals surface area contributed by atoms with E-state index < -0.39 is 10.0 Å². The fourth-order valence-corrected chi connectivity index (χ4v) is 2.65. The van der Waals surface area contributed by atoms with Gasteiger partial charge in [-0.05, 0) is 25.0 Å². The van der Waals surface area contributed by atoms with Gasteiger partial charge in [0.1, 0.15) is 0 Å². The second-order valence-corrected chi connectivity index (χ2v) is 6.77. The van der Waals surface area contributed by atoms with Crippen molar-refractivity contribution in [2.75, 3.05) is 13.6 Å². The summed E-state index contributed by atoms with van der Waals surface area (Å²) in [6.07, 6.45) is 0.952. The third-order valence-corrected chi connectivity index (χ3v) is 4.27. The molecule has 0 saturated heterocycles. The number of carbonyl (C=O) groups is 1. The van der Waals surface area contributed by atoms with Crippen molar-refractivity contribution in [3.8, 4) is 0 Å². The second kappa shape index (κ2) is 6.37. The second-order valence-electron chi connectivity index (χ2n) is 5.24. The molecular weight excluding hydrogens is 276 g/mol. The average Bonchev–Trinajstić information content (AvgIpc) is 2.35. The molecule has 0 bridgehead atoms. The summed E-state index contributed by atoms with van der Waals surface area (Å²) >= 11 is 0. The maximum Gasteiger partial charge on any atom is 0.254 e. The van der Waals surface area contributed by atoms with Gasteiger partial charge in [-0.2, -0.15) is 0 Å². The molecular formula is C14H22N2O3S. The van der Waals surface area contributed by atoms with Gasteiger partial charge in [-0.3, -0.25) is 4.79 Å². The van der Waals surface area contributed by atoms with Crippen molar-refractivity contribution >= 4 is 15.9 Å². The van der Waals surface area contributed by atoms with E-state index in [4.69, 9.17) is 5.14 Å². The smallest absolute Gasteiger partial charge is 0.254 e. The van der Waals surface area contributed by atoms with Crippen LogP contribution in [0.2, 0.25) is 0 Å².